The molecule has 0 bridgehead atoms. The molecule has 0 heteroatoms. The first-order chi connectivity index (χ1) is 6.85. The molecule has 86 valence electrons. The van der Waals surface area contributed by atoms with E-state index >= 15 is 0 Å². The lowest BCUT2D eigenvalue weighted by Crippen LogP contribution is -1.76. The first kappa shape index (κ1) is 19.1. The Bertz CT molecular complexity index is 118. The molecule has 0 aliphatic carbocycles. The summed E-state index contributed by atoms with van der Waals surface area (Å²) in [6.07, 6.45) is 10.2. The number of hydrogen-bond acceptors (Lipinski definition) is 0. The van der Waals surface area contributed by atoms with Crippen molar-refractivity contribution >= 4 is 0 Å². The molecule has 0 spiro atoms. The molecule has 0 atom stereocenters. The molecule has 0 saturated heterocycles. The second-order valence-corrected chi connectivity index (χ2v) is 2.44. The van der Waals surface area contributed by atoms with Gasteiger partial charge in [0.2, 0.25) is 0 Å². The topological polar surface area (TPSA) is 0 Å². The molecule has 0 aromatic carbocycles. The molecule has 0 aliphatic heterocycles. The van der Waals surface area contributed by atoms with E-state index in [0.717, 1.165) is 6.42 Å². The van der Waals surface area contributed by atoms with Crippen LogP contribution in [0.5, 0.6) is 0 Å². The van der Waals surface area contributed by atoms with Gasteiger partial charge >= 0.3 is 0 Å². The minimum atomic E-state index is 1.15. The Morgan fingerprint density at radius 2 is 1.50 bits per heavy atom. The predicted molar refractivity (Wildman–Crippen MR) is 70.8 cm³/mol. The van der Waals surface area contributed by atoms with Crippen molar-refractivity contribution in [3.05, 3.63) is 23.8 Å². The lowest BCUT2D eigenvalue weighted by Gasteiger charge is -1.96. The quantitative estimate of drug-likeness (QED) is 0.504. The summed E-state index contributed by atoms with van der Waals surface area (Å²) >= 11 is 0. The Hall–Kier alpha value is -0.520. The third-order valence-electron chi connectivity index (χ3n) is 1.39. The van der Waals surface area contributed by atoms with Crippen molar-refractivity contribution in [2.75, 3.05) is 0 Å². The molecular weight excluding hydrogens is 168 g/mol. The van der Waals surface area contributed by atoms with Crippen molar-refractivity contribution < 1.29 is 0 Å². The standard InChI is InChI=1S/C10H18.2C2H6/c1-4-7-10(8-5-2)9-6-3;2*1-2/h4,7-8H,5-6,9H2,1-3H3;2*1-2H3/b7-4-,10-8+;;. The zero-order chi connectivity index (χ0) is 11.8. The van der Waals surface area contributed by atoms with Gasteiger partial charge in [0.05, 0.1) is 0 Å². The van der Waals surface area contributed by atoms with E-state index in [1.165, 1.54) is 18.4 Å². The molecule has 0 rings (SSSR count). The summed E-state index contributed by atoms with van der Waals surface area (Å²) in [5.74, 6) is 0. The van der Waals surface area contributed by atoms with Crippen LogP contribution in [0.25, 0.3) is 0 Å². The molecule has 0 amide bonds. The zero-order valence-corrected chi connectivity index (χ0v) is 11.4. The van der Waals surface area contributed by atoms with Gasteiger partial charge < -0.3 is 0 Å². The van der Waals surface area contributed by atoms with Gasteiger partial charge in [-0.2, -0.15) is 0 Å². The molecule has 0 saturated carbocycles. The van der Waals surface area contributed by atoms with Gasteiger partial charge in [-0.25, -0.2) is 0 Å². The van der Waals surface area contributed by atoms with E-state index < -0.39 is 0 Å². The van der Waals surface area contributed by atoms with Crippen molar-refractivity contribution in [2.45, 2.75) is 67.7 Å². The van der Waals surface area contributed by atoms with Crippen LogP contribution in [0.15, 0.2) is 23.8 Å². The van der Waals surface area contributed by atoms with Gasteiger partial charge in [0, 0.05) is 0 Å². The second kappa shape index (κ2) is 22.9. The van der Waals surface area contributed by atoms with Crippen LogP contribution in [0.1, 0.15) is 67.7 Å². The minimum Gasteiger partial charge on any atom is -0.0874 e. The molecule has 0 unspecified atom stereocenters. The van der Waals surface area contributed by atoms with Crippen LogP contribution in [0, 0.1) is 0 Å². The summed E-state index contributed by atoms with van der Waals surface area (Å²) in [7, 11) is 0. The molecule has 0 N–H and O–H groups in total. The van der Waals surface area contributed by atoms with E-state index in [1.54, 1.807) is 0 Å². The van der Waals surface area contributed by atoms with Gasteiger partial charge in [-0.05, 0) is 19.8 Å². The highest BCUT2D eigenvalue weighted by molar-refractivity contribution is 5.17. The smallest absolute Gasteiger partial charge is 0.0285 e. The highest BCUT2D eigenvalue weighted by Crippen LogP contribution is 2.06. The van der Waals surface area contributed by atoms with E-state index in [1.807, 2.05) is 27.7 Å². The second-order valence-electron chi connectivity index (χ2n) is 2.44. The number of allylic oxidation sites excluding steroid dienone is 4. The summed E-state index contributed by atoms with van der Waals surface area (Å²) in [6, 6.07) is 0. The maximum Gasteiger partial charge on any atom is -0.0285 e. The molecular formula is C14H30. The molecule has 0 nitrogen and oxygen atoms in total. The van der Waals surface area contributed by atoms with Gasteiger partial charge in [0.25, 0.3) is 0 Å². The third kappa shape index (κ3) is 17.5. The van der Waals surface area contributed by atoms with E-state index in [-0.39, 0.29) is 0 Å². The van der Waals surface area contributed by atoms with Gasteiger partial charge in [-0.15, -0.1) is 0 Å². The van der Waals surface area contributed by atoms with Crippen LogP contribution in [0.4, 0.5) is 0 Å². The van der Waals surface area contributed by atoms with E-state index in [2.05, 4.69) is 39.0 Å². The predicted octanol–water partition coefficient (Wildman–Crippen LogP) is 5.75. The van der Waals surface area contributed by atoms with Crippen LogP contribution in [-0.4, -0.2) is 0 Å². The largest absolute Gasteiger partial charge is 0.0874 e. The van der Waals surface area contributed by atoms with Crippen LogP contribution in [0.3, 0.4) is 0 Å². The Labute approximate surface area is 92.1 Å². The average Bonchev–Trinajstić information content (AvgIpc) is 2.25. The van der Waals surface area contributed by atoms with E-state index in [0.29, 0.717) is 0 Å². The fourth-order valence-corrected chi connectivity index (χ4v) is 1.02. The molecule has 0 heterocycles. The fourth-order valence-electron chi connectivity index (χ4n) is 1.02. The number of rotatable bonds is 4. The van der Waals surface area contributed by atoms with E-state index in [9.17, 15) is 0 Å². The summed E-state index contributed by atoms with van der Waals surface area (Å²) in [5.41, 5.74) is 1.48. The lowest BCUT2D eigenvalue weighted by molar-refractivity contribution is 0.917. The van der Waals surface area contributed by atoms with Crippen LogP contribution in [-0.2, 0) is 0 Å². The molecule has 0 radical (unpaired) electrons. The monoisotopic (exact) mass is 198 g/mol. The first-order valence-corrected chi connectivity index (χ1v) is 6.16. The first-order valence-electron chi connectivity index (χ1n) is 6.16. The fraction of sp³-hybridized carbons (Fsp3) is 0.714. The van der Waals surface area contributed by atoms with Gasteiger partial charge in [0.15, 0.2) is 0 Å². The van der Waals surface area contributed by atoms with Crippen LogP contribution in [0.2, 0.25) is 0 Å². The summed E-state index contributed by atoms with van der Waals surface area (Å²) in [6.45, 7) is 14.5. The van der Waals surface area contributed by atoms with Crippen LogP contribution >= 0.6 is 0 Å². The summed E-state index contributed by atoms with van der Waals surface area (Å²) in [5, 5.41) is 0. The Balaban J connectivity index is -0.000000266. The lowest BCUT2D eigenvalue weighted by atomic mass is 10.1. The van der Waals surface area contributed by atoms with Gasteiger partial charge in [-0.1, -0.05) is 71.8 Å². The van der Waals surface area contributed by atoms with Crippen LogP contribution < -0.4 is 0 Å². The van der Waals surface area contributed by atoms with Crippen molar-refractivity contribution in [1.29, 1.82) is 0 Å². The molecule has 0 aromatic rings. The molecule has 0 fully saturated rings. The maximum atomic E-state index is 2.30. The normalized spacial score (nSPS) is 10.1. The Kier molecular flexibility index (Phi) is 31.2. The molecule has 0 aliphatic rings. The minimum absolute atomic E-state index is 1.15. The van der Waals surface area contributed by atoms with Crippen molar-refractivity contribution in [3.8, 4) is 0 Å². The van der Waals surface area contributed by atoms with Crippen molar-refractivity contribution in [1.82, 2.24) is 0 Å². The van der Waals surface area contributed by atoms with E-state index in [4.69, 9.17) is 0 Å². The maximum absolute atomic E-state index is 2.30. The average molecular weight is 198 g/mol. The van der Waals surface area contributed by atoms with Gasteiger partial charge in [-0.3, -0.25) is 0 Å². The summed E-state index contributed by atoms with van der Waals surface area (Å²) in [4.78, 5) is 0. The Morgan fingerprint density at radius 1 is 1.00 bits per heavy atom. The SMILES string of the molecule is C/C=C\C(=C/CC)CCC.CC.CC. The van der Waals surface area contributed by atoms with Crippen molar-refractivity contribution in [3.63, 3.8) is 0 Å². The Morgan fingerprint density at radius 3 is 1.79 bits per heavy atom. The molecule has 14 heavy (non-hydrogen) atoms. The highest BCUT2D eigenvalue weighted by atomic mass is 13.9. The summed E-state index contributed by atoms with van der Waals surface area (Å²) < 4.78 is 0. The zero-order valence-electron chi connectivity index (χ0n) is 11.4. The van der Waals surface area contributed by atoms with Gasteiger partial charge in [0.1, 0.15) is 0 Å². The van der Waals surface area contributed by atoms with Crippen molar-refractivity contribution in [2.24, 2.45) is 0 Å². The number of hydrogen-bond donors (Lipinski definition) is 0. The highest BCUT2D eigenvalue weighted by Gasteiger charge is 1.86. The molecule has 0 aromatic heterocycles. The third-order valence-corrected chi connectivity index (χ3v) is 1.39.